The van der Waals surface area contributed by atoms with E-state index in [2.05, 4.69) is 5.32 Å². The zero-order valence-electron chi connectivity index (χ0n) is 11.3. The molecule has 0 aliphatic carbocycles. The molecule has 0 saturated carbocycles. The maximum atomic E-state index is 12.2. The van der Waals surface area contributed by atoms with Crippen molar-refractivity contribution in [2.24, 2.45) is 11.3 Å². The number of carbonyl (C=O) groups excluding carboxylic acids is 2. The summed E-state index contributed by atoms with van der Waals surface area (Å²) < 4.78 is 0. The second-order valence-electron chi connectivity index (χ2n) is 5.78. The second kappa shape index (κ2) is 4.83. The van der Waals surface area contributed by atoms with Gasteiger partial charge < -0.3 is 15.3 Å². The van der Waals surface area contributed by atoms with Gasteiger partial charge in [-0.3, -0.25) is 14.4 Å². The van der Waals surface area contributed by atoms with Gasteiger partial charge in [0, 0.05) is 19.5 Å². The highest BCUT2D eigenvalue weighted by atomic mass is 16.4. The SMILES string of the molecule is CC(C)C1(C(=O)O)CCN(C(=O)[C@H]2CCC(=O)N2)C1. The van der Waals surface area contributed by atoms with Gasteiger partial charge in [0.2, 0.25) is 11.8 Å². The van der Waals surface area contributed by atoms with Crippen LogP contribution in [-0.2, 0) is 14.4 Å². The Kier molecular flexibility index (Phi) is 3.52. The van der Waals surface area contributed by atoms with Crippen molar-refractivity contribution in [3.63, 3.8) is 0 Å². The van der Waals surface area contributed by atoms with Gasteiger partial charge in [0.05, 0.1) is 5.41 Å². The summed E-state index contributed by atoms with van der Waals surface area (Å²) in [5.41, 5.74) is -0.849. The minimum absolute atomic E-state index is 0.0269. The van der Waals surface area contributed by atoms with E-state index in [0.29, 0.717) is 25.8 Å². The van der Waals surface area contributed by atoms with Crippen LogP contribution in [0.15, 0.2) is 0 Å². The summed E-state index contributed by atoms with van der Waals surface area (Å²) in [6.07, 6.45) is 1.36. The molecular weight excluding hydrogens is 248 g/mol. The molecule has 2 heterocycles. The van der Waals surface area contributed by atoms with E-state index in [1.807, 2.05) is 13.8 Å². The molecule has 2 aliphatic heterocycles. The normalized spacial score (nSPS) is 30.8. The van der Waals surface area contributed by atoms with E-state index in [4.69, 9.17) is 0 Å². The van der Waals surface area contributed by atoms with E-state index in [0.717, 1.165) is 0 Å². The topological polar surface area (TPSA) is 86.7 Å². The van der Waals surface area contributed by atoms with Crippen molar-refractivity contribution in [3.8, 4) is 0 Å². The number of aliphatic carboxylic acids is 1. The molecule has 2 amide bonds. The molecule has 2 saturated heterocycles. The smallest absolute Gasteiger partial charge is 0.311 e. The molecule has 106 valence electrons. The first-order valence-corrected chi connectivity index (χ1v) is 6.68. The Bertz CT molecular complexity index is 421. The third kappa shape index (κ3) is 2.31. The van der Waals surface area contributed by atoms with E-state index < -0.39 is 17.4 Å². The molecule has 0 aromatic carbocycles. The summed E-state index contributed by atoms with van der Waals surface area (Å²) in [6.45, 7) is 4.44. The third-order valence-corrected chi connectivity index (χ3v) is 4.44. The maximum Gasteiger partial charge on any atom is 0.311 e. The van der Waals surface area contributed by atoms with Crippen LogP contribution in [0.4, 0.5) is 0 Å². The molecule has 1 unspecified atom stereocenters. The summed E-state index contributed by atoms with van der Waals surface area (Å²) >= 11 is 0. The molecule has 2 atom stereocenters. The zero-order chi connectivity index (χ0) is 14.2. The fourth-order valence-electron chi connectivity index (χ4n) is 2.93. The quantitative estimate of drug-likeness (QED) is 0.767. The van der Waals surface area contributed by atoms with Crippen molar-refractivity contribution in [3.05, 3.63) is 0 Å². The number of hydrogen-bond acceptors (Lipinski definition) is 3. The predicted octanol–water partition coefficient (Wildman–Crippen LogP) is 0.224. The average Bonchev–Trinajstić information content (AvgIpc) is 2.94. The highest BCUT2D eigenvalue weighted by Gasteiger charge is 2.49. The van der Waals surface area contributed by atoms with E-state index in [1.165, 1.54) is 0 Å². The molecule has 19 heavy (non-hydrogen) atoms. The van der Waals surface area contributed by atoms with Gasteiger partial charge in [-0.1, -0.05) is 13.8 Å². The van der Waals surface area contributed by atoms with E-state index in [-0.39, 0.29) is 24.3 Å². The highest BCUT2D eigenvalue weighted by molar-refractivity contribution is 5.91. The Labute approximate surface area is 112 Å². The van der Waals surface area contributed by atoms with Gasteiger partial charge in [0.25, 0.3) is 0 Å². The number of nitrogens with one attached hydrogen (secondary N) is 1. The minimum Gasteiger partial charge on any atom is -0.481 e. The molecule has 0 spiro atoms. The van der Waals surface area contributed by atoms with Crippen LogP contribution in [0.1, 0.15) is 33.1 Å². The van der Waals surface area contributed by atoms with Crippen molar-refractivity contribution in [1.29, 1.82) is 0 Å². The molecule has 0 aromatic rings. The van der Waals surface area contributed by atoms with Crippen LogP contribution in [0.25, 0.3) is 0 Å². The van der Waals surface area contributed by atoms with Gasteiger partial charge >= 0.3 is 5.97 Å². The molecule has 2 aliphatic rings. The summed E-state index contributed by atoms with van der Waals surface area (Å²) in [6, 6.07) is -0.468. The molecule has 2 fully saturated rings. The molecule has 2 N–H and O–H groups in total. The fraction of sp³-hybridized carbons (Fsp3) is 0.769. The molecule has 2 rings (SSSR count). The summed E-state index contributed by atoms with van der Waals surface area (Å²) in [5.74, 6) is -1.12. The van der Waals surface area contributed by atoms with Crippen molar-refractivity contribution in [1.82, 2.24) is 10.2 Å². The van der Waals surface area contributed by atoms with Gasteiger partial charge in [-0.25, -0.2) is 0 Å². The molecule has 6 nitrogen and oxygen atoms in total. The molecular formula is C13H20N2O4. The largest absolute Gasteiger partial charge is 0.481 e. The Morgan fingerprint density at radius 2 is 2.16 bits per heavy atom. The third-order valence-electron chi connectivity index (χ3n) is 4.44. The summed E-state index contributed by atoms with van der Waals surface area (Å²) in [7, 11) is 0. The van der Waals surface area contributed by atoms with Crippen LogP contribution in [0.3, 0.4) is 0 Å². The summed E-state index contributed by atoms with van der Waals surface area (Å²) in [4.78, 5) is 36.5. The summed E-state index contributed by atoms with van der Waals surface area (Å²) in [5, 5.41) is 12.1. The van der Waals surface area contributed by atoms with E-state index in [9.17, 15) is 19.5 Å². The van der Waals surface area contributed by atoms with Crippen LogP contribution < -0.4 is 5.32 Å². The van der Waals surface area contributed by atoms with Gasteiger partial charge in [0.1, 0.15) is 6.04 Å². The lowest BCUT2D eigenvalue weighted by Crippen LogP contribution is -2.46. The van der Waals surface area contributed by atoms with Crippen molar-refractivity contribution in [2.75, 3.05) is 13.1 Å². The van der Waals surface area contributed by atoms with Gasteiger partial charge in [0.15, 0.2) is 0 Å². The first kappa shape index (κ1) is 13.8. The molecule has 6 heteroatoms. The van der Waals surface area contributed by atoms with Gasteiger partial charge in [-0.2, -0.15) is 0 Å². The number of likely N-dealkylation sites (tertiary alicyclic amines) is 1. The minimum atomic E-state index is -0.849. The Morgan fingerprint density at radius 3 is 2.58 bits per heavy atom. The molecule has 0 bridgehead atoms. The number of carbonyl (C=O) groups is 3. The van der Waals surface area contributed by atoms with Crippen LogP contribution in [0, 0.1) is 11.3 Å². The first-order valence-electron chi connectivity index (χ1n) is 6.68. The van der Waals surface area contributed by atoms with Crippen LogP contribution >= 0.6 is 0 Å². The monoisotopic (exact) mass is 268 g/mol. The highest BCUT2D eigenvalue weighted by Crippen LogP contribution is 2.38. The lowest BCUT2D eigenvalue weighted by Gasteiger charge is -2.29. The Hall–Kier alpha value is -1.59. The first-order chi connectivity index (χ1) is 8.86. The van der Waals surface area contributed by atoms with Crippen molar-refractivity contribution < 1.29 is 19.5 Å². The number of rotatable bonds is 3. The Balaban J connectivity index is 2.07. The molecule has 0 radical (unpaired) electrons. The second-order valence-corrected chi connectivity index (χ2v) is 5.78. The van der Waals surface area contributed by atoms with Gasteiger partial charge in [-0.15, -0.1) is 0 Å². The van der Waals surface area contributed by atoms with Gasteiger partial charge in [-0.05, 0) is 18.8 Å². The lowest BCUT2D eigenvalue weighted by atomic mass is 9.76. The number of hydrogen-bond donors (Lipinski definition) is 2. The number of amides is 2. The van der Waals surface area contributed by atoms with Crippen molar-refractivity contribution >= 4 is 17.8 Å². The Morgan fingerprint density at radius 1 is 1.47 bits per heavy atom. The van der Waals surface area contributed by atoms with E-state index in [1.54, 1.807) is 4.90 Å². The zero-order valence-corrected chi connectivity index (χ0v) is 11.3. The van der Waals surface area contributed by atoms with Crippen molar-refractivity contribution in [2.45, 2.75) is 39.2 Å². The standard InChI is InChI=1S/C13H20N2O4/c1-8(2)13(12(18)19)5-6-15(7-13)11(17)9-3-4-10(16)14-9/h8-9H,3-7H2,1-2H3,(H,14,16)(H,18,19)/t9-,13?/m1/s1. The van der Waals surface area contributed by atoms with Crippen LogP contribution in [-0.4, -0.2) is 46.9 Å². The number of carboxylic acid groups (broad SMARTS) is 1. The maximum absolute atomic E-state index is 12.2. The average molecular weight is 268 g/mol. The predicted molar refractivity (Wildman–Crippen MR) is 67.3 cm³/mol. The van der Waals surface area contributed by atoms with E-state index >= 15 is 0 Å². The lowest BCUT2D eigenvalue weighted by molar-refractivity contribution is -0.151. The number of nitrogens with zero attached hydrogens (tertiary/aromatic N) is 1. The number of carboxylic acids is 1. The fourth-order valence-corrected chi connectivity index (χ4v) is 2.93. The van der Waals surface area contributed by atoms with Crippen LogP contribution in [0.2, 0.25) is 0 Å². The van der Waals surface area contributed by atoms with Crippen LogP contribution in [0.5, 0.6) is 0 Å². The molecule has 0 aromatic heterocycles.